The maximum Gasteiger partial charge on any atom is 0.254 e. The topological polar surface area (TPSA) is 208 Å². The van der Waals surface area contributed by atoms with Crippen molar-refractivity contribution >= 4 is 28.5 Å². The van der Waals surface area contributed by atoms with Crippen molar-refractivity contribution < 1.29 is 14.0 Å². The van der Waals surface area contributed by atoms with E-state index in [1.54, 1.807) is 4.68 Å². The minimum atomic E-state index is -0.563. The maximum atomic E-state index is 14.7. The average Bonchev–Trinajstić information content (AvgIpc) is 2.13. The second kappa shape index (κ2) is 23.6. The van der Waals surface area contributed by atoms with Crippen molar-refractivity contribution in [3.63, 3.8) is 0 Å². The van der Waals surface area contributed by atoms with Crippen molar-refractivity contribution in [1.29, 1.82) is 0 Å². The zero-order valence-electron chi connectivity index (χ0n) is 50.9. The van der Waals surface area contributed by atoms with Crippen LogP contribution in [0.5, 0.6) is 0 Å². The van der Waals surface area contributed by atoms with Crippen LogP contribution in [0.15, 0.2) is 83.7 Å². The highest BCUT2D eigenvalue weighted by Crippen LogP contribution is 2.45. The van der Waals surface area contributed by atoms with Gasteiger partial charge in [0, 0.05) is 134 Å². The van der Waals surface area contributed by atoms with Crippen LogP contribution in [-0.2, 0) is 31.0 Å². The molecule has 0 radical (unpaired) electrons. The van der Waals surface area contributed by atoms with E-state index in [0.29, 0.717) is 89.3 Å². The van der Waals surface area contributed by atoms with Crippen LogP contribution in [0.4, 0.5) is 5.69 Å². The Morgan fingerprint density at radius 3 is 1.72 bits per heavy atom. The highest BCUT2D eigenvalue weighted by molar-refractivity contribution is 6.09. The fourth-order valence-corrected chi connectivity index (χ4v) is 13.6. The number of carbonyl (C=O) groups is 2. The number of hydrogen-bond acceptors (Lipinski definition) is 15. The van der Waals surface area contributed by atoms with E-state index in [4.69, 9.17) is 4.42 Å². The predicted molar refractivity (Wildman–Crippen MR) is 322 cm³/mol. The van der Waals surface area contributed by atoms with Crippen LogP contribution < -0.4 is 14.8 Å². The van der Waals surface area contributed by atoms with E-state index in [-0.39, 0.29) is 30.3 Å². The van der Waals surface area contributed by atoms with Gasteiger partial charge >= 0.3 is 0 Å². The molecule has 0 N–H and O–H groups in total. The van der Waals surface area contributed by atoms with Crippen molar-refractivity contribution in [1.82, 2.24) is 74.4 Å². The third-order valence-corrected chi connectivity index (χ3v) is 17.6. The number of piperazine rings is 1. The Kier molecular flexibility index (Phi) is 16.9. The van der Waals surface area contributed by atoms with Gasteiger partial charge in [-0.3, -0.25) is 19.2 Å². The van der Waals surface area contributed by atoms with E-state index in [9.17, 15) is 20.0 Å². The van der Waals surface area contributed by atoms with E-state index in [1.165, 1.54) is 10.1 Å². The zero-order chi connectivity index (χ0) is 59.2. The minimum Gasteiger partial charge on any atom is -0.784 e. The van der Waals surface area contributed by atoms with Gasteiger partial charge < -0.3 is 39.7 Å². The van der Waals surface area contributed by atoms with E-state index in [2.05, 4.69) is 109 Å². The summed E-state index contributed by atoms with van der Waals surface area (Å²) in [4.78, 5) is 36.8. The molecule has 2 aromatic carbocycles. The Balaban J connectivity index is 0.812. The number of fused-ring (bicyclic) bond motifs is 2. The van der Waals surface area contributed by atoms with Crippen LogP contribution in [0, 0.1) is 10.4 Å². The summed E-state index contributed by atoms with van der Waals surface area (Å²) in [6.07, 6.45) is 8.64. The van der Waals surface area contributed by atoms with Crippen LogP contribution in [0.2, 0.25) is 0 Å². The number of aromatic nitrogens is 9. The number of nitrogens with zero attached hydrogens (tertiary/aromatic N) is 16. The number of rotatable bonds is 18. The van der Waals surface area contributed by atoms with E-state index in [0.717, 1.165) is 82.0 Å². The van der Waals surface area contributed by atoms with Crippen LogP contribution in [0.3, 0.4) is 0 Å². The molecule has 0 atom stereocenters. The molecule has 0 spiro atoms. The monoisotopic (exact) mass is 1130 g/mol. The highest BCUT2D eigenvalue weighted by Gasteiger charge is 2.43. The van der Waals surface area contributed by atoms with Crippen LogP contribution in [0.25, 0.3) is 33.4 Å². The first kappa shape index (κ1) is 59.3. The molecule has 3 aromatic heterocycles. The van der Waals surface area contributed by atoms with Gasteiger partial charge in [-0.15, -0.1) is 15.3 Å². The summed E-state index contributed by atoms with van der Waals surface area (Å²) in [5, 5.41) is 58.3. The van der Waals surface area contributed by atoms with Gasteiger partial charge in [0.1, 0.15) is 24.4 Å². The van der Waals surface area contributed by atoms with E-state index in [1.807, 2.05) is 117 Å². The summed E-state index contributed by atoms with van der Waals surface area (Å²) in [5.41, 5.74) is 5.16. The van der Waals surface area contributed by atoms with Crippen molar-refractivity contribution in [2.75, 3.05) is 57.3 Å². The van der Waals surface area contributed by atoms with Gasteiger partial charge in [0.2, 0.25) is 11.3 Å². The Morgan fingerprint density at radius 1 is 0.639 bits per heavy atom. The number of carbonyl (C=O) groups excluding carboxylic acids is 2. The smallest absolute Gasteiger partial charge is 0.254 e. The third kappa shape index (κ3) is 12.4. The quantitative estimate of drug-likeness (QED) is 0.0582. The summed E-state index contributed by atoms with van der Waals surface area (Å²) in [5.74, 6) is 0.674. The summed E-state index contributed by atoms with van der Waals surface area (Å²) in [6.45, 7) is 31.2. The summed E-state index contributed by atoms with van der Waals surface area (Å²) in [6, 6.07) is 20.7. The van der Waals surface area contributed by atoms with Gasteiger partial charge in [-0.1, -0.05) is 33.8 Å². The molecule has 3 saturated heterocycles. The molecule has 83 heavy (non-hydrogen) atoms. The Bertz CT molecular complexity index is 3350. The first-order valence-electron chi connectivity index (χ1n) is 29.9. The first-order valence-corrected chi connectivity index (χ1v) is 29.9. The lowest BCUT2D eigenvalue weighted by Crippen LogP contribution is -2.57. The second-order valence-corrected chi connectivity index (χ2v) is 25.6. The number of benzene rings is 3. The van der Waals surface area contributed by atoms with Gasteiger partial charge in [0.05, 0.1) is 54.2 Å². The Labute approximate surface area is 488 Å². The lowest BCUT2D eigenvalue weighted by atomic mass is 9.79. The molecule has 5 aliphatic rings. The molecule has 444 valence electrons. The lowest BCUT2D eigenvalue weighted by molar-refractivity contribution is -0.133. The molecular weight excluding hydrogens is 1050 g/mol. The van der Waals surface area contributed by atoms with E-state index < -0.39 is 22.2 Å². The molecule has 7 heterocycles. The van der Waals surface area contributed by atoms with Crippen molar-refractivity contribution in [3.05, 3.63) is 118 Å². The number of aryl methyl sites for hydroxylation is 1. The molecule has 3 fully saturated rings. The molecular formula is C62H85N16O5-. The molecule has 21 heteroatoms. The number of amides is 2. The summed E-state index contributed by atoms with van der Waals surface area (Å²) < 4.78 is 14.6. The molecule has 0 saturated carbocycles. The second-order valence-electron chi connectivity index (χ2n) is 25.6. The fourth-order valence-electron chi connectivity index (χ4n) is 13.6. The standard InChI is InChI=1S/C62H85N16O5/c1-13-70(14-2)46-21-23-52-54(31-46)83-55-32-47(71(15-3)16-4)22-24-53(55)57(52)50-19-17-18-20-51(50)58(80)73-29-27-72(28-30-73)56(79)25-26-74-40-43(63-66-74)37-69(38-44-41-75(67-64-44)48-33-59(5,6)77(81)60(7,8)34-48)39-45-42-76(68-65-45)49-35-61(9,10)78(82)62(11,12)36-49/h17-24,31-32,40-42,48-49H,13-16,25-30,33-39H2,1-12H3/q-1. The number of anilines is 1. The lowest BCUT2D eigenvalue weighted by Gasteiger charge is -2.59. The fraction of sp³-hybridized carbons (Fsp3) is 0.565. The largest absolute Gasteiger partial charge is 0.784 e. The van der Waals surface area contributed by atoms with Crippen LogP contribution >= 0.6 is 0 Å². The minimum absolute atomic E-state index is 0.00427. The summed E-state index contributed by atoms with van der Waals surface area (Å²) in [7, 11) is 0. The number of hydroxylamine groups is 4. The SMILES string of the molecule is CCN(CC)c1ccc2c(-c3ccccc3C(=O)N3CCN(C(=O)CCn4cc(CN(Cc5cn(C6CC(C)(C)N([O-])C(C)(C)C6)nn5)Cc5cn(C6CC(C)(C)N([O-])C(C)(C)C6)nn5)nn4)CC3)c3ccc(=[N+](CC)CC)cc-3oc2c1. The van der Waals surface area contributed by atoms with Gasteiger partial charge in [-0.05, 0) is 139 Å². The van der Waals surface area contributed by atoms with Gasteiger partial charge in [0.25, 0.3) is 5.91 Å². The average molecular weight is 1130 g/mol. The van der Waals surface area contributed by atoms with Crippen LogP contribution in [0.1, 0.15) is 155 Å². The number of hydrogen-bond donors (Lipinski definition) is 0. The molecule has 0 bridgehead atoms. The maximum absolute atomic E-state index is 14.7. The summed E-state index contributed by atoms with van der Waals surface area (Å²) >= 11 is 0. The third-order valence-electron chi connectivity index (χ3n) is 17.6. The molecule has 21 nitrogen and oxygen atoms in total. The molecule has 0 unspecified atom stereocenters. The normalized spacial score (nSPS) is 18.6. The van der Waals surface area contributed by atoms with Gasteiger partial charge in [-0.2, -0.15) is 0 Å². The molecule has 10 rings (SSSR count). The zero-order valence-corrected chi connectivity index (χ0v) is 50.9. The van der Waals surface area contributed by atoms with Crippen molar-refractivity contribution in [2.45, 2.75) is 176 Å². The van der Waals surface area contributed by atoms with Crippen molar-refractivity contribution in [3.8, 4) is 22.5 Å². The molecule has 5 aromatic rings. The van der Waals surface area contributed by atoms with Crippen LogP contribution in [-0.4, -0.2) is 156 Å². The van der Waals surface area contributed by atoms with Gasteiger partial charge in [-0.25, -0.2) is 13.9 Å². The Morgan fingerprint density at radius 2 is 1.17 bits per heavy atom. The molecule has 2 amide bonds. The highest BCUT2D eigenvalue weighted by atomic mass is 16.5. The molecule has 4 aliphatic heterocycles. The Hall–Kier alpha value is -6.91. The predicted octanol–water partition coefficient (Wildman–Crippen LogP) is 8.60. The van der Waals surface area contributed by atoms with E-state index >= 15 is 0 Å². The number of piperidine rings is 2. The first-order chi connectivity index (χ1) is 39.5. The molecule has 1 aliphatic carbocycles. The van der Waals surface area contributed by atoms with Crippen molar-refractivity contribution in [2.24, 2.45) is 0 Å². The van der Waals surface area contributed by atoms with Gasteiger partial charge in [0.15, 0.2) is 0 Å².